The lowest BCUT2D eigenvalue weighted by atomic mass is 9.91. The molecule has 0 bridgehead atoms. The van der Waals surface area contributed by atoms with Crippen LogP contribution in [0.3, 0.4) is 0 Å². The summed E-state index contributed by atoms with van der Waals surface area (Å²) >= 11 is 0. The summed E-state index contributed by atoms with van der Waals surface area (Å²) in [4.78, 5) is 11.1. The highest BCUT2D eigenvalue weighted by molar-refractivity contribution is 5.78. The summed E-state index contributed by atoms with van der Waals surface area (Å²) in [6.07, 6.45) is 3.91. The van der Waals surface area contributed by atoms with E-state index in [9.17, 15) is 9.90 Å². The number of carbonyl (C=O) groups is 1. The predicted molar refractivity (Wildman–Crippen MR) is 55.7 cm³/mol. The van der Waals surface area contributed by atoms with Gasteiger partial charge < -0.3 is 14.9 Å². The highest BCUT2D eigenvalue weighted by Gasteiger charge is 2.45. The fraction of sp³-hybridized carbons (Fsp3) is 0.909. The van der Waals surface area contributed by atoms with Gasteiger partial charge in [-0.05, 0) is 25.7 Å². The molecule has 0 spiro atoms. The van der Waals surface area contributed by atoms with Crippen LogP contribution in [0.1, 0.15) is 45.4 Å². The van der Waals surface area contributed by atoms with Gasteiger partial charge in [0.05, 0.1) is 6.10 Å². The van der Waals surface area contributed by atoms with Crippen molar-refractivity contribution in [2.24, 2.45) is 0 Å². The number of aliphatic carboxylic acids is 1. The SMILES string of the molecule is CCCOC1CCCCCC1(O)C(=O)O. The first-order chi connectivity index (χ1) is 7.11. The maximum Gasteiger partial charge on any atom is 0.338 e. The maximum absolute atomic E-state index is 11.1. The Morgan fingerprint density at radius 1 is 1.47 bits per heavy atom. The Kier molecular flexibility index (Phi) is 4.54. The van der Waals surface area contributed by atoms with Crippen LogP contribution in [0.2, 0.25) is 0 Å². The van der Waals surface area contributed by atoms with Crippen molar-refractivity contribution in [3.05, 3.63) is 0 Å². The first-order valence-electron chi connectivity index (χ1n) is 5.68. The zero-order valence-electron chi connectivity index (χ0n) is 9.24. The van der Waals surface area contributed by atoms with Crippen molar-refractivity contribution in [2.45, 2.75) is 57.2 Å². The molecule has 0 heterocycles. The molecule has 0 aromatic rings. The lowest BCUT2D eigenvalue weighted by Crippen LogP contribution is -2.50. The number of rotatable bonds is 4. The summed E-state index contributed by atoms with van der Waals surface area (Å²) < 4.78 is 5.46. The minimum Gasteiger partial charge on any atom is -0.479 e. The van der Waals surface area contributed by atoms with Gasteiger partial charge in [-0.1, -0.05) is 19.8 Å². The Labute approximate surface area is 90.2 Å². The fourth-order valence-corrected chi connectivity index (χ4v) is 2.03. The van der Waals surface area contributed by atoms with Crippen LogP contribution in [-0.4, -0.2) is 34.5 Å². The number of hydrogen-bond acceptors (Lipinski definition) is 3. The van der Waals surface area contributed by atoms with E-state index in [1.165, 1.54) is 0 Å². The Morgan fingerprint density at radius 2 is 2.20 bits per heavy atom. The van der Waals surface area contributed by atoms with Crippen molar-refractivity contribution in [2.75, 3.05) is 6.61 Å². The van der Waals surface area contributed by atoms with Crippen molar-refractivity contribution in [1.82, 2.24) is 0 Å². The second kappa shape index (κ2) is 5.47. The summed E-state index contributed by atoms with van der Waals surface area (Å²) in [5, 5.41) is 19.2. The molecule has 88 valence electrons. The molecule has 0 aromatic carbocycles. The van der Waals surface area contributed by atoms with Gasteiger partial charge >= 0.3 is 5.97 Å². The van der Waals surface area contributed by atoms with E-state index in [0.29, 0.717) is 19.4 Å². The van der Waals surface area contributed by atoms with Crippen LogP contribution in [0.5, 0.6) is 0 Å². The molecule has 0 radical (unpaired) electrons. The van der Waals surface area contributed by atoms with Gasteiger partial charge in [-0.3, -0.25) is 0 Å². The van der Waals surface area contributed by atoms with Crippen LogP contribution in [-0.2, 0) is 9.53 Å². The number of hydrogen-bond donors (Lipinski definition) is 2. The minimum atomic E-state index is -1.67. The standard InChI is InChI=1S/C11H20O4/c1-2-8-15-9-6-4-3-5-7-11(9,14)10(12)13/h9,14H,2-8H2,1H3,(H,12,13). The Morgan fingerprint density at radius 3 is 2.80 bits per heavy atom. The van der Waals surface area contributed by atoms with Crippen LogP contribution in [0.4, 0.5) is 0 Å². The molecular weight excluding hydrogens is 196 g/mol. The van der Waals surface area contributed by atoms with Gasteiger partial charge in [-0.2, -0.15) is 0 Å². The molecule has 1 aliphatic rings. The molecule has 0 saturated heterocycles. The molecule has 15 heavy (non-hydrogen) atoms. The molecule has 0 amide bonds. The van der Waals surface area contributed by atoms with Crippen LogP contribution in [0, 0.1) is 0 Å². The van der Waals surface area contributed by atoms with E-state index in [1.54, 1.807) is 0 Å². The zero-order chi connectivity index (χ0) is 11.3. The average molecular weight is 216 g/mol. The maximum atomic E-state index is 11.1. The highest BCUT2D eigenvalue weighted by Crippen LogP contribution is 2.30. The lowest BCUT2D eigenvalue weighted by molar-refractivity contribution is -0.178. The van der Waals surface area contributed by atoms with Gasteiger partial charge in [-0.15, -0.1) is 0 Å². The molecule has 4 nitrogen and oxygen atoms in total. The largest absolute Gasteiger partial charge is 0.479 e. The molecule has 2 unspecified atom stereocenters. The number of aliphatic hydroxyl groups is 1. The van der Waals surface area contributed by atoms with Gasteiger partial charge in [0, 0.05) is 6.61 Å². The van der Waals surface area contributed by atoms with Gasteiger partial charge in [0.15, 0.2) is 5.60 Å². The third-order valence-corrected chi connectivity index (χ3v) is 2.95. The molecule has 1 aliphatic carbocycles. The summed E-state index contributed by atoms with van der Waals surface area (Å²) in [5.74, 6) is -1.15. The summed E-state index contributed by atoms with van der Waals surface area (Å²) in [5.41, 5.74) is -1.67. The fourth-order valence-electron chi connectivity index (χ4n) is 2.03. The van der Waals surface area contributed by atoms with Crippen molar-refractivity contribution < 1.29 is 19.7 Å². The predicted octanol–water partition coefficient (Wildman–Crippen LogP) is 1.56. The van der Waals surface area contributed by atoms with Gasteiger partial charge in [0.1, 0.15) is 0 Å². The normalized spacial score (nSPS) is 32.3. The second-order valence-corrected chi connectivity index (χ2v) is 4.19. The van der Waals surface area contributed by atoms with Crippen molar-refractivity contribution in [1.29, 1.82) is 0 Å². The Hall–Kier alpha value is -0.610. The van der Waals surface area contributed by atoms with E-state index in [1.807, 2.05) is 6.92 Å². The van der Waals surface area contributed by atoms with Gasteiger partial charge in [0.25, 0.3) is 0 Å². The quantitative estimate of drug-likeness (QED) is 0.700. The first-order valence-corrected chi connectivity index (χ1v) is 5.68. The van der Waals surface area contributed by atoms with E-state index in [0.717, 1.165) is 25.7 Å². The van der Waals surface area contributed by atoms with E-state index >= 15 is 0 Å². The summed E-state index contributed by atoms with van der Waals surface area (Å²) in [6.45, 7) is 2.48. The van der Waals surface area contributed by atoms with Crippen LogP contribution < -0.4 is 0 Å². The molecule has 2 N–H and O–H groups in total. The van der Waals surface area contributed by atoms with Crippen molar-refractivity contribution in [3.8, 4) is 0 Å². The van der Waals surface area contributed by atoms with Crippen LogP contribution in [0.15, 0.2) is 0 Å². The number of ether oxygens (including phenoxy) is 1. The van der Waals surface area contributed by atoms with E-state index in [4.69, 9.17) is 9.84 Å². The van der Waals surface area contributed by atoms with Crippen molar-refractivity contribution >= 4 is 5.97 Å². The Balaban J connectivity index is 2.71. The molecule has 4 heteroatoms. The molecular formula is C11H20O4. The molecule has 2 atom stereocenters. The van der Waals surface area contributed by atoms with Crippen molar-refractivity contribution in [3.63, 3.8) is 0 Å². The smallest absolute Gasteiger partial charge is 0.338 e. The third kappa shape index (κ3) is 2.92. The molecule has 1 fully saturated rings. The van der Waals surface area contributed by atoms with Gasteiger partial charge in [0.2, 0.25) is 0 Å². The number of carboxylic acids is 1. The van der Waals surface area contributed by atoms with E-state index in [-0.39, 0.29) is 0 Å². The minimum absolute atomic E-state index is 0.302. The second-order valence-electron chi connectivity index (χ2n) is 4.19. The van der Waals surface area contributed by atoms with E-state index in [2.05, 4.69) is 0 Å². The molecule has 1 rings (SSSR count). The topological polar surface area (TPSA) is 66.8 Å². The zero-order valence-corrected chi connectivity index (χ0v) is 9.24. The van der Waals surface area contributed by atoms with Crippen LogP contribution >= 0.6 is 0 Å². The van der Waals surface area contributed by atoms with E-state index < -0.39 is 17.7 Å². The van der Waals surface area contributed by atoms with Gasteiger partial charge in [-0.25, -0.2) is 4.79 Å². The van der Waals surface area contributed by atoms with Crippen LogP contribution in [0.25, 0.3) is 0 Å². The first kappa shape index (κ1) is 12.5. The average Bonchev–Trinajstić information content (AvgIpc) is 2.38. The third-order valence-electron chi connectivity index (χ3n) is 2.95. The molecule has 1 saturated carbocycles. The number of carboxylic acid groups (broad SMARTS) is 1. The molecule has 0 aromatic heterocycles. The summed E-state index contributed by atoms with van der Waals surface area (Å²) in [7, 11) is 0. The summed E-state index contributed by atoms with van der Waals surface area (Å²) in [6, 6.07) is 0. The Bertz CT molecular complexity index is 217. The molecule has 0 aliphatic heterocycles. The monoisotopic (exact) mass is 216 g/mol. The lowest BCUT2D eigenvalue weighted by Gasteiger charge is -2.30. The highest BCUT2D eigenvalue weighted by atomic mass is 16.5.